The molecule has 0 nitrogen and oxygen atoms in total. The molecule has 0 aliphatic heterocycles. The zero-order valence-corrected chi connectivity index (χ0v) is 40.6. The maximum atomic E-state index is 20.3. The van der Waals surface area contributed by atoms with Crippen LogP contribution in [0.5, 0.6) is 0 Å². The first-order valence-electron chi connectivity index (χ1n) is 21.1. The predicted octanol–water partition coefficient (Wildman–Crippen LogP) is 15.3. The Hall–Kier alpha value is -6.08. The fourth-order valence-electron chi connectivity index (χ4n) is 11.0. The molecule has 77 heavy (non-hydrogen) atoms. The second-order valence-electron chi connectivity index (χ2n) is 19.9. The molecular weight excluding hydrogens is 1130 g/mol. The van der Waals surface area contributed by atoms with Crippen LogP contribution >= 0.6 is 7.26 Å². The molecule has 0 amide bonds. The summed E-state index contributed by atoms with van der Waals surface area (Å²) >= 11 is 0. The third-order valence-corrected chi connectivity index (χ3v) is 20.0. The van der Waals surface area contributed by atoms with E-state index in [0.29, 0.717) is 0 Å². The predicted molar refractivity (Wildman–Crippen MR) is 226 cm³/mol. The lowest BCUT2D eigenvalue weighted by molar-refractivity contribution is 0.379. The normalized spacial score (nSPS) is 12.9. The van der Waals surface area contributed by atoms with Crippen LogP contribution in [-0.2, 0) is 0 Å². The molecule has 0 unspecified atom stereocenters. The molecule has 0 saturated carbocycles. The van der Waals surface area contributed by atoms with E-state index < -0.39 is 235 Å². The molecule has 0 N–H and O–H groups in total. The van der Waals surface area contributed by atoms with E-state index in [1.807, 2.05) is 0 Å². The SMILES string of the molecule is CC(C)(C)[P+](c1c(F)c(F)c([B-](F)(c2c(F)c(F)c(F)c(F)c2-c2c(F)c(F)c(F)c(F)c2F)c2c(F)c(F)c(F)c(F)c2-c2c(F)c(F)c(F)c(F)c2F)c(-c2c(F)c(F)c(F)c(F)c2F)c1F)(C(C)(C)C)C(C)(C)C. The van der Waals surface area contributed by atoms with E-state index in [1.165, 1.54) is 0 Å². The van der Waals surface area contributed by atoms with Crippen molar-refractivity contribution in [2.75, 3.05) is 0 Å². The summed E-state index contributed by atoms with van der Waals surface area (Å²) in [5.74, 6) is -94.3. The molecule has 6 rings (SSSR count). The third-order valence-electron chi connectivity index (χ3n) is 12.9. The van der Waals surface area contributed by atoms with Crippen LogP contribution in [0.15, 0.2) is 0 Å². The molecule has 0 spiro atoms. The van der Waals surface area contributed by atoms with Gasteiger partial charge in [0.2, 0.25) is 29.7 Å². The Balaban J connectivity index is 2.28. The lowest BCUT2D eigenvalue weighted by atomic mass is 9.28. The van der Waals surface area contributed by atoms with E-state index in [0.717, 1.165) is 62.3 Å². The highest BCUT2D eigenvalue weighted by Crippen LogP contribution is 2.83. The number of benzene rings is 6. The van der Waals surface area contributed by atoms with Crippen molar-refractivity contribution in [1.29, 1.82) is 0 Å². The average molecular weight is 1160 g/mol. The van der Waals surface area contributed by atoms with E-state index in [9.17, 15) is 13.2 Å². The maximum Gasteiger partial charge on any atom is 0.244 e. The van der Waals surface area contributed by atoms with Crippen molar-refractivity contribution in [3.63, 3.8) is 0 Å². The van der Waals surface area contributed by atoms with Crippen LogP contribution in [0.25, 0.3) is 33.4 Å². The molecule has 6 aromatic carbocycles. The molecule has 0 aliphatic rings. The van der Waals surface area contributed by atoms with Crippen LogP contribution in [0.2, 0.25) is 0 Å². The fourth-order valence-corrected chi connectivity index (χ4v) is 19.9. The minimum Gasteiger partial charge on any atom is -0.498 e. The molecule has 0 heterocycles. The lowest BCUT2D eigenvalue weighted by Crippen LogP contribution is -2.70. The van der Waals surface area contributed by atoms with Crippen LogP contribution in [-0.4, -0.2) is 21.9 Å². The van der Waals surface area contributed by atoms with Gasteiger partial charge in [0, 0.05) is 0 Å². The summed E-state index contributed by atoms with van der Waals surface area (Å²) < 4.78 is 438. The van der Waals surface area contributed by atoms with Gasteiger partial charge in [-0.05, 0) is 79.0 Å². The molecule has 0 aliphatic carbocycles. The van der Waals surface area contributed by atoms with Gasteiger partial charge in [0.25, 0.3) is 0 Å². The van der Waals surface area contributed by atoms with Crippen LogP contribution < -0.4 is 21.7 Å². The molecular formula is C48H27BF27P. The molecule has 0 aromatic heterocycles. The van der Waals surface area contributed by atoms with Crippen molar-refractivity contribution in [3.05, 3.63) is 151 Å². The van der Waals surface area contributed by atoms with E-state index in [2.05, 4.69) is 0 Å². The van der Waals surface area contributed by atoms with E-state index in [1.54, 1.807) is 0 Å². The molecule has 0 radical (unpaired) electrons. The molecule has 416 valence electrons. The monoisotopic (exact) mass is 1160 g/mol. The Labute approximate surface area is 415 Å². The van der Waals surface area contributed by atoms with Crippen molar-refractivity contribution in [2.24, 2.45) is 0 Å². The quantitative estimate of drug-likeness (QED) is 0.0491. The lowest BCUT2D eigenvalue weighted by Gasteiger charge is -2.54. The van der Waals surface area contributed by atoms with Gasteiger partial charge in [-0.2, -0.15) is 4.39 Å². The number of hydrogen-bond donors (Lipinski definition) is 0. The summed E-state index contributed by atoms with van der Waals surface area (Å²) in [4.78, 5) is 0. The van der Waals surface area contributed by atoms with Gasteiger partial charge in [0.15, 0.2) is 116 Å². The third kappa shape index (κ3) is 7.99. The molecule has 0 fully saturated rings. The molecule has 0 atom stereocenters. The van der Waals surface area contributed by atoms with Gasteiger partial charge in [-0.3, -0.25) is 0 Å². The largest absolute Gasteiger partial charge is 0.498 e. The van der Waals surface area contributed by atoms with E-state index in [4.69, 9.17) is 0 Å². The number of halogens is 27. The maximum absolute atomic E-state index is 20.3. The van der Waals surface area contributed by atoms with Crippen molar-refractivity contribution in [1.82, 2.24) is 0 Å². The van der Waals surface area contributed by atoms with Gasteiger partial charge in [-0.25, -0.2) is 110 Å². The molecule has 0 bridgehead atoms. The summed E-state index contributed by atoms with van der Waals surface area (Å²) in [5, 5.41) is -7.74. The zero-order chi connectivity index (χ0) is 59.3. The molecule has 29 heteroatoms. The average Bonchev–Trinajstić information content (AvgIpc) is 3.33. The second kappa shape index (κ2) is 19.1. The van der Waals surface area contributed by atoms with Crippen molar-refractivity contribution in [3.8, 4) is 33.4 Å². The summed E-state index contributed by atoms with van der Waals surface area (Å²) in [6, 6.07) is 0. The summed E-state index contributed by atoms with van der Waals surface area (Å²) in [6.45, 7) is 9.83. The first kappa shape index (κ1) is 60.2. The molecule has 6 aromatic rings. The topological polar surface area (TPSA) is 0 Å². The fraction of sp³-hybridized carbons (Fsp3) is 0.250. The standard InChI is InChI=1S/C48H27BF27P/c1-46(2,3)77(47(4,5)6,48(7,8)9)45-27(58)12(15-25(56)37(68)43(74)38(69)26(15)57)18(30(61)44(45)75)49(76,16-10(19(50)31(62)39(70)28(16)59)13-21(52)33(64)41(72)34(65)22(13)53)17-11(20(51)32(63)40(71)29(17)60)14-23(54)35(66)42(73)36(67)24(14)55/h1-9H3. The van der Waals surface area contributed by atoms with Crippen molar-refractivity contribution < 1.29 is 118 Å². The van der Waals surface area contributed by atoms with Gasteiger partial charge in [0.05, 0.1) is 39.4 Å². The van der Waals surface area contributed by atoms with Crippen molar-refractivity contribution in [2.45, 2.75) is 77.8 Å². The summed E-state index contributed by atoms with van der Waals surface area (Å²) in [7, 11) is -4.70. The summed E-state index contributed by atoms with van der Waals surface area (Å²) in [5.41, 5.74) is -32.9. The first-order chi connectivity index (χ1) is 34.9. The van der Waals surface area contributed by atoms with Crippen LogP contribution in [0.1, 0.15) is 62.3 Å². The highest BCUT2D eigenvalue weighted by atomic mass is 31.2. The minimum atomic E-state index is -8.35. The highest BCUT2D eigenvalue weighted by Gasteiger charge is 2.69. The van der Waals surface area contributed by atoms with E-state index >= 15 is 105 Å². The van der Waals surface area contributed by atoms with Gasteiger partial charge in [-0.1, -0.05) is 0 Å². The first-order valence-corrected chi connectivity index (χ1v) is 22.9. The number of rotatable bonds is 7. The highest BCUT2D eigenvalue weighted by molar-refractivity contribution is 7.86. The van der Waals surface area contributed by atoms with Gasteiger partial charge < -0.3 is 4.32 Å². The van der Waals surface area contributed by atoms with Crippen LogP contribution in [0, 0.1) is 151 Å². The Morgan fingerprint density at radius 1 is 0.208 bits per heavy atom. The van der Waals surface area contributed by atoms with Gasteiger partial charge in [-0.15, -0.1) is 16.4 Å². The number of hydrogen-bond acceptors (Lipinski definition) is 0. The Morgan fingerprint density at radius 2 is 0.364 bits per heavy atom. The second-order valence-corrected chi connectivity index (χ2v) is 25.8. The summed E-state index contributed by atoms with van der Waals surface area (Å²) in [6.07, 6.45) is -8.35. The van der Waals surface area contributed by atoms with Gasteiger partial charge in [0.1, 0.15) is 17.5 Å². The van der Waals surface area contributed by atoms with Gasteiger partial charge >= 0.3 is 0 Å². The minimum absolute atomic E-state index is 1.09. The smallest absolute Gasteiger partial charge is 0.244 e. The Bertz CT molecular complexity index is 3310. The van der Waals surface area contributed by atoms with Crippen LogP contribution in [0.3, 0.4) is 0 Å². The van der Waals surface area contributed by atoms with Crippen molar-refractivity contribution >= 4 is 35.4 Å². The van der Waals surface area contributed by atoms with E-state index in [-0.39, 0.29) is 0 Å². The Morgan fingerprint density at radius 3 is 0.571 bits per heavy atom. The Kier molecular flexibility index (Phi) is 14.9. The molecule has 0 saturated heterocycles. The van der Waals surface area contributed by atoms with Crippen LogP contribution in [0.4, 0.5) is 118 Å². The zero-order valence-electron chi connectivity index (χ0n) is 39.7.